The molecular weight excluding hydrogens is 1050 g/mol. The number of nitrogens with zero attached hydrogens (tertiary/aromatic N) is 7. The zero-order chi connectivity index (χ0) is 58.1. The highest BCUT2D eigenvalue weighted by molar-refractivity contribution is 7.03. The Morgan fingerprint density at radius 3 is 2.30 bits per heavy atom. The Balaban J connectivity index is 1.09. The zero-order valence-corrected chi connectivity index (χ0v) is 50.1. The highest BCUT2D eigenvalue weighted by atomic mass is 32.1. The topological polar surface area (TPSA) is 235 Å². The van der Waals surface area contributed by atoms with Crippen LogP contribution in [0.1, 0.15) is 119 Å². The van der Waals surface area contributed by atoms with Crippen LogP contribution >= 0.6 is 11.5 Å². The van der Waals surface area contributed by atoms with Crippen LogP contribution in [0.3, 0.4) is 0 Å². The summed E-state index contributed by atoms with van der Waals surface area (Å²) in [6, 6.07) is 17.0. The molecule has 0 unspecified atom stereocenters. The molecule has 4 aromatic rings. The second-order valence-electron chi connectivity index (χ2n) is 23.8. The van der Waals surface area contributed by atoms with Crippen molar-refractivity contribution in [2.45, 2.75) is 205 Å². The van der Waals surface area contributed by atoms with Gasteiger partial charge >= 0.3 is 5.97 Å². The molecule has 21 heteroatoms. The Kier molecular flexibility index (Phi) is 22.2. The van der Waals surface area contributed by atoms with E-state index < -0.39 is 89.9 Å². The van der Waals surface area contributed by atoms with Gasteiger partial charge in [-0.15, -0.1) is 10.2 Å². The van der Waals surface area contributed by atoms with E-state index in [0.717, 1.165) is 28.9 Å². The van der Waals surface area contributed by atoms with Gasteiger partial charge in [0.05, 0.1) is 60.4 Å². The third kappa shape index (κ3) is 16.0. The molecule has 2 aromatic heterocycles. The fourth-order valence-electron chi connectivity index (χ4n) is 12.0. The highest BCUT2D eigenvalue weighted by Gasteiger charge is 2.52. The van der Waals surface area contributed by atoms with Crippen molar-refractivity contribution in [3.63, 3.8) is 0 Å². The standard InChI is InChI=1S/C59H91N7O13S/c1-14-49-59(10,71)53(67)40(6)65(12)30-36(2)28-57(8,70)55(38(4)52(39(5)56(69)77-49)78-51-29-58(9,72-13)54(68)41(7)76-51)79-50-27-45(26-37(3)75-50)64(11)25-24-44-31-66(62-60-44)46(33-73-32-42-18-16-15-17-19-42)34-74-47-22-20-43(21-23-47)48-35-80-63-61-48/h15-23,31,35-41,45-46,49-55,67-68,70-71H,14,24-30,32-34H2,1-13H3/t36-,37-,38+,39-,40-,41+,45+,46-,49-,50+,51+,52+,53-,54+,55-,57-,58-,59-/m1/s1. The van der Waals surface area contributed by atoms with Gasteiger partial charge in [-0.2, -0.15) is 0 Å². The van der Waals surface area contributed by atoms with Gasteiger partial charge in [-0.1, -0.05) is 60.8 Å². The molecule has 20 nitrogen and oxygen atoms in total. The lowest BCUT2D eigenvalue weighted by atomic mass is 9.77. The Labute approximate surface area is 477 Å². The molecule has 446 valence electrons. The summed E-state index contributed by atoms with van der Waals surface area (Å²) in [4.78, 5) is 18.8. The number of aliphatic hydroxyl groups is 4. The number of rotatable bonds is 19. The summed E-state index contributed by atoms with van der Waals surface area (Å²) < 4.78 is 57.3. The van der Waals surface area contributed by atoms with Gasteiger partial charge in [0, 0.05) is 74.6 Å². The summed E-state index contributed by atoms with van der Waals surface area (Å²) in [5.74, 6) is -1.82. The van der Waals surface area contributed by atoms with Crippen molar-refractivity contribution in [1.82, 2.24) is 34.4 Å². The number of carbonyl (C=O) groups excluding carboxylic acids is 1. The predicted octanol–water partition coefficient (Wildman–Crippen LogP) is 6.49. The number of carbonyl (C=O) groups is 1. The zero-order valence-electron chi connectivity index (χ0n) is 49.3. The summed E-state index contributed by atoms with van der Waals surface area (Å²) in [6.07, 6.45) is -3.51. The smallest absolute Gasteiger partial charge is 0.311 e. The van der Waals surface area contributed by atoms with E-state index in [0.29, 0.717) is 51.5 Å². The molecule has 0 aliphatic carbocycles. The second kappa shape index (κ2) is 28.0. The van der Waals surface area contributed by atoms with Crippen molar-refractivity contribution >= 4 is 17.5 Å². The number of likely N-dealkylation sites (N-methyl/N-ethyl adjacent to an activating group) is 2. The lowest BCUT2D eigenvalue weighted by Gasteiger charge is -2.48. The number of ether oxygens (including phenoxy) is 8. The quantitative estimate of drug-likeness (QED) is 0.0735. The Morgan fingerprint density at radius 2 is 1.62 bits per heavy atom. The van der Waals surface area contributed by atoms with E-state index in [-0.39, 0.29) is 43.4 Å². The minimum Gasteiger partial charge on any atom is -0.491 e. The number of aliphatic hydroxyl groups excluding tert-OH is 2. The Hall–Kier alpha value is -4.07. The third-order valence-electron chi connectivity index (χ3n) is 17.1. The van der Waals surface area contributed by atoms with Crippen molar-refractivity contribution in [1.29, 1.82) is 0 Å². The molecule has 3 aliphatic rings. The first kappa shape index (κ1) is 63.5. The lowest BCUT2D eigenvalue weighted by Crippen LogP contribution is -2.59. The number of hydrogen-bond donors (Lipinski definition) is 4. The first-order chi connectivity index (χ1) is 37.9. The van der Waals surface area contributed by atoms with E-state index >= 15 is 0 Å². The first-order valence-electron chi connectivity index (χ1n) is 28.5. The lowest BCUT2D eigenvalue weighted by molar-refractivity contribution is -0.308. The largest absolute Gasteiger partial charge is 0.491 e. The highest BCUT2D eigenvalue weighted by Crippen LogP contribution is 2.40. The number of benzene rings is 2. The molecule has 3 fully saturated rings. The minimum atomic E-state index is -1.82. The number of hydrogen-bond acceptors (Lipinski definition) is 20. The van der Waals surface area contributed by atoms with Gasteiger partial charge < -0.3 is 68.1 Å². The van der Waals surface area contributed by atoms with Crippen LogP contribution < -0.4 is 4.74 Å². The molecule has 0 radical (unpaired) electrons. The molecule has 0 amide bonds. The number of methoxy groups -OCH3 is 1. The maximum absolute atomic E-state index is 14.6. The molecule has 7 rings (SSSR count). The van der Waals surface area contributed by atoms with Crippen molar-refractivity contribution < 1.29 is 63.1 Å². The van der Waals surface area contributed by atoms with Gasteiger partial charge in [0.1, 0.15) is 48.0 Å². The van der Waals surface area contributed by atoms with Gasteiger partial charge in [0.2, 0.25) is 0 Å². The molecule has 80 heavy (non-hydrogen) atoms. The molecule has 0 spiro atoms. The molecule has 2 aromatic carbocycles. The molecule has 4 N–H and O–H groups in total. The Bertz CT molecular complexity index is 2490. The minimum absolute atomic E-state index is 0.0162. The first-order valence-corrected chi connectivity index (χ1v) is 29.4. The summed E-state index contributed by atoms with van der Waals surface area (Å²) >= 11 is 1.31. The summed E-state index contributed by atoms with van der Waals surface area (Å²) in [7, 11) is 5.48. The van der Waals surface area contributed by atoms with Crippen LogP contribution in [0.15, 0.2) is 66.2 Å². The van der Waals surface area contributed by atoms with Crippen LogP contribution in [-0.2, 0) is 51.0 Å². The van der Waals surface area contributed by atoms with E-state index in [1.165, 1.54) is 25.6 Å². The molecule has 18 atom stereocenters. The fourth-order valence-corrected chi connectivity index (χ4v) is 12.5. The molecule has 0 saturated carbocycles. The molecule has 3 aliphatic heterocycles. The van der Waals surface area contributed by atoms with E-state index in [4.69, 9.17) is 37.9 Å². The van der Waals surface area contributed by atoms with Crippen molar-refractivity contribution in [2.75, 3.05) is 47.5 Å². The van der Waals surface area contributed by atoms with Crippen LogP contribution in [0, 0.1) is 17.8 Å². The SMILES string of the molecule is CC[C@H]1OC(=O)[C@H](C)[C@@H](O[C@H]2C[C@@](C)(OC)[C@@H](O)[C@H](C)O2)[C@H](C)[C@@H](O[C@H]2C[C@@H](N(C)CCc3cn([C@H](COCc4ccccc4)COc4ccc(-c5csnn5)cc4)nn3)C[C@@H](C)O2)[C@](C)(O)C[C@@H](C)CN(C)[C@H](C)[C@@H](O)[C@]1(C)O. The van der Waals surface area contributed by atoms with Crippen LogP contribution in [0.4, 0.5) is 0 Å². The third-order valence-corrected chi connectivity index (χ3v) is 17.6. The van der Waals surface area contributed by atoms with E-state index in [1.54, 1.807) is 34.6 Å². The fraction of sp³-hybridized carbons (Fsp3) is 0.712. The van der Waals surface area contributed by atoms with Crippen LogP contribution in [0.5, 0.6) is 5.75 Å². The number of esters is 1. The average Bonchev–Trinajstić information content (AvgIpc) is 4.18. The molecule has 0 bridgehead atoms. The Morgan fingerprint density at radius 1 is 0.900 bits per heavy atom. The summed E-state index contributed by atoms with van der Waals surface area (Å²) in [5.41, 5.74) is -0.729. The summed E-state index contributed by atoms with van der Waals surface area (Å²) in [6.45, 7) is 20.3. The van der Waals surface area contributed by atoms with E-state index in [1.807, 2.05) is 110 Å². The van der Waals surface area contributed by atoms with Gasteiger partial charge in [0.15, 0.2) is 12.6 Å². The number of aromatic nitrogens is 5. The summed E-state index contributed by atoms with van der Waals surface area (Å²) in [5, 5.41) is 63.0. The average molecular weight is 1140 g/mol. The van der Waals surface area contributed by atoms with Crippen LogP contribution in [-0.4, -0.2) is 192 Å². The van der Waals surface area contributed by atoms with Gasteiger partial charge in [-0.3, -0.25) is 4.79 Å². The number of cyclic esters (lactones) is 1. The van der Waals surface area contributed by atoms with Crippen molar-refractivity contribution in [3.05, 3.63) is 77.4 Å². The normalized spacial score (nSPS) is 35.8. The van der Waals surface area contributed by atoms with E-state index in [9.17, 15) is 25.2 Å². The second-order valence-corrected chi connectivity index (χ2v) is 24.4. The predicted molar refractivity (Wildman–Crippen MR) is 301 cm³/mol. The van der Waals surface area contributed by atoms with Crippen molar-refractivity contribution in [3.8, 4) is 17.0 Å². The maximum Gasteiger partial charge on any atom is 0.311 e. The van der Waals surface area contributed by atoms with Crippen LogP contribution in [0.25, 0.3) is 11.3 Å². The van der Waals surface area contributed by atoms with Crippen LogP contribution in [0.2, 0.25) is 0 Å². The van der Waals surface area contributed by atoms with E-state index in [2.05, 4.69) is 31.8 Å². The van der Waals surface area contributed by atoms with Crippen molar-refractivity contribution in [2.24, 2.45) is 17.8 Å². The van der Waals surface area contributed by atoms with Gasteiger partial charge in [-0.05, 0) is 129 Å². The molecule has 5 heterocycles. The molecule has 3 saturated heterocycles. The monoisotopic (exact) mass is 1140 g/mol. The molecular formula is C59H91N7O13S. The maximum atomic E-state index is 14.6. The van der Waals surface area contributed by atoms with Gasteiger partial charge in [-0.25, -0.2) is 4.68 Å². The van der Waals surface area contributed by atoms with Gasteiger partial charge in [0.25, 0.3) is 0 Å².